The fourth-order valence-corrected chi connectivity index (χ4v) is 1.78. The van der Waals surface area contributed by atoms with Crippen molar-refractivity contribution in [1.29, 1.82) is 0 Å². The van der Waals surface area contributed by atoms with Crippen LogP contribution in [0.15, 0.2) is 0 Å². The van der Waals surface area contributed by atoms with Gasteiger partial charge >= 0.3 is 0 Å². The molecule has 0 spiro atoms. The Hall–Kier alpha value is -0.0800. The topological polar surface area (TPSA) is 40.5 Å². The lowest BCUT2D eigenvalue weighted by Crippen LogP contribution is -2.27. The van der Waals surface area contributed by atoms with Crippen LogP contribution < -0.4 is 0 Å². The van der Waals surface area contributed by atoms with Crippen molar-refractivity contribution >= 4 is 0 Å². The maximum absolute atomic E-state index is 9.25. The molecule has 1 atom stereocenters. The average Bonchev–Trinajstić information content (AvgIpc) is 2.03. The van der Waals surface area contributed by atoms with Crippen molar-refractivity contribution in [2.75, 3.05) is 13.2 Å². The normalized spacial score (nSPS) is 16.5. The van der Waals surface area contributed by atoms with Crippen LogP contribution in [0.4, 0.5) is 0 Å². The first-order valence-electron chi connectivity index (χ1n) is 4.82. The summed E-state index contributed by atoms with van der Waals surface area (Å²) in [6, 6.07) is 0. The first-order valence-corrected chi connectivity index (χ1v) is 4.82. The Morgan fingerprint density at radius 2 is 1.83 bits per heavy atom. The second-order valence-electron chi connectivity index (χ2n) is 4.08. The van der Waals surface area contributed by atoms with Crippen molar-refractivity contribution in [3.8, 4) is 0 Å². The summed E-state index contributed by atoms with van der Waals surface area (Å²) in [6.45, 7) is 6.76. The fraction of sp³-hybridized carbons (Fsp3) is 1.00. The van der Waals surface area contributed by atoms with Gasteiger partial charge in [-0.3, -0.25) is 0 Å². The molecular formula is C10H22O2. The lowest BCUT2D eigenvalue weighted by Gasteiger charge is -2.31. The third-order valence-corrected chi connectivity index (χ3v) is 2.57. The monoisotopic (exact) mass is 174 g/mol. The summed E-state index contributed by atoms with van der Waals surface area (Å²) in [6.07, 6.45) is 2.67. The van der Waals surface area contributed by atoms with E-state index in [0.717, 1.165) is 19.3 Å². The highest BCUT2D eigenvalue weighted by atomic mass is 16.3. The predicted molar refractivity (Wildman–Crippen MR) is 51.0 cm³/mol. The minimum absolute atomic E-state index is 0.0388. The highest BCUT2D eigenvalue weighted by Gasteiger charge is 2.27. The SMILES string of the molecule is CCC(CO)(CCO)CC(C)C. The molecular weight excluding hydrogens is 152 g/mol. The first kappa shape index (κ1) is 11.9. The molecule has 0 aromatic rings. The molecule has 0 aliphatic carbocycles. The molecule has 2 heteroatoms. The van der Waals surface area contributed by atoms with Gasteiger partial charge in [0.25, 0.3) is 0 Å². The van der Waals surface area contributed by atoms with Crippen molar-refractivity contribution < 1.29 is 10.2 Å². The van der Waals surface area contributed by atoms with E-state index in [9.17, 15) is 5.11 Å². The molecule has 74 valence electrons. The molecule has 0 bridgehead atoms. The molecule has 0 saturated heterocycles. The minimum Gasteiger partial charge on any atom is -0.396 e. The van der Waals surface area contributed by atoms with Crippen molar-refractivity contribution in [3.63, 3.8) is 0 Å². The van der Waals surface area contributed by atoms with E-state index in [1.807, 2.05) is 0 Å². The summed E-state index contributed by atoms with van der Waals surface area (Å²) in [5, 5.41) is 18.1. The van der Waals surface area contributed by atoms with E-state index in [4.69, 9.17) is 5.11 Å². The lowest BCUT2D eigenvalue weighted by atomic mass is 9.76. The molecule has 0 aromatic heterocycles. The van der Waals surface area contributed by atoms with Crippen LogP contribution in [0.1, 0.15) is 40.0 Å². The van der Waals surface area contributed by atoms with Crippen LogP contribution in [0.5, 0.6) is 0 Å². The molecule has 12 heavy (non-hydrogen) atoms. The van der Waals surface area contributed by atoms with Gasteiger partial charge in [-0.15, -0.1) is 0 Å². The zero-order valence-corrected chi connectivity index (χ0v) is 8.51. The first-order chi connectivity index (χ1) is 5.60. The Balaban J connectivity index is 4.13. The summed E-state index contributed by atoms with van der Waals surface area (Å²) in [5.74, 6) is 0.587. The van der Waals surface area contributed by atoms with Crippen LogP contribution in [-0.4, -0.2) is 23.4 Å². The molecule has 0 amide bonds. The quantitative estimate of drug-likeness (QED) is 0.644. The maximum Gasteiger partial charge on any atom is 0.0488 e. The third-order valence-electron chi connectivity index (χ3n) is 2.57. The Labute approximate surface area is 75.6 Å². The number of rotatable bonds is 6. The van der Waals surface area contributed by atoms with Crippen LogP contribution >= 0.6 is 0 Å². The summed E-state index contributed by atoms with van der Waals surface area (Å²) in [5.41, 5.74) is -0.0388. The maximum atomic E-state index is 9.25. The smallest absolute Gasteiger partial charge is 0.0488 e. The standard InChI is InChI=1S/C10H22O2/c1-4-10(8-12,5-6-11)7-9(2)3/h9,11-12H,4-8H2,1-3H3. The van der Waals surface area contributed by atoms with Gasteiger partial charge in [0.1, 0.15) is 0 Å². The minimum atomic E-state index is -0.0388. The Morgan fingerprint density at radius 1 is 1.25 bits per heavy atom. The molecule has 0 saturated carbocycles. The number of aliphatic hydroxyl groups excluding tert-OH is 2. The molecule has 2 nitrogen and oxygen atoms in total. The molecule has 0 radical (unpaired) electrons. The summed E-state index contributed by atoms with van der Waals surface area (Å²) in [7, 11) is 0. The Kier molecular flexibility index (Phi) is 5.51. The molecule has 0 fully saturated rings. The molecule has 0 aromatic carbocycles. The van der Waals surface area contributed by atoms with Crippen LogP contribution in [0.25, 0.3) is 0 Å². The number of aliphatic hydroxyl groups is 2. The van der Waals surface area contributed by atoms with Crippen LogP contribution in [0.2, 0.25) is 0 Å². The average molecular weight is 174 g/mol. The van der Waals surface area contributed by atoms with Gasteiger partial charge in [-0.2, -0.15) is 0 Å². The second-order valence-corrected chi connectivity index (χ2v) is 4.08. The Bertz CT molecular complexity index is 106. The summed E-state index contributed by atoms with van der Waals surface area (Å²) in [4.78, 5) is 0. The van der Waals surface area contributed by atoms with E-state index in [1.165, 1.54) is 0 Å². The molecule has 0 aliphatic heterocycles. The zero-order chi connectivity index (χ0) is 9.61. The van der Waals surface area contributed by atoms with E-state index in [-0.39, 0.29) is 18.6 Å². The van der Waals surface area contributed by atoms with Gasteiger partial charge < -0.3 is 10.2 Å². The van der Waals surface area contributed by atoms with E-state index in [1.54, 1.807) is 0 Å². The van der Waals surface area contributed by atoms with Crippen LogP contribution in [-0.2, 0) is 0 Å². The molecule has 2 N–H and O–H groups in total. The highest BCUT2D eigenvalue weighted by Crippen LogP contribution is 2.33. The largest absolute Gasteiger partial charge is 0.396 e. The molecule has 0 heterocycles. The van der Waals surface area contributed by atoms with Crippen LogP contribution in [0, 0.1) is 11.3 Å². The van der Waals surface area contributed by atoms with Crippen molar-refractivity contribution in [2.24, 2.45) is 11.3 Å². The zero-order valence-electron chi connectivity index (χ0n) is 8.51. The second kappa shape index (κ2) is 5.55. The van der Waals surface area contributed by atoms with Gasteiger partial charge in [-0.05, 0) is 30.6 Å². The van der Waals surface area contributed by atoms with E-state index >= 15 is 0 Å². The van der Waals surface area contributed by atoms with Gasteiger partial charge in [-0.25, -0.2) is 0 Å². The summed E-state index contributed by atoms with van der Waals surface area (Å²) < 4.78 is 0. The summed E-state index contributed by atoms with van der Waals surface area (Å²) >= 11 is 0. The Morgan fingerprint density at radius 3 is 2.08 bits per heavy atom. The van der Waals surface area contributed by atoms with E-state index < -0.39 is 0 Å². The van der Waals surface area contributed by atoms with Gasteiger partial charge in [0.05, 0.1) is 0 Å². The fourth-order valence-electron chi connectivity index (χ4n) is 1.78. The van der Waals surface area contributed by atoms with Crippen molar-refractivity contribution in [3.05, 3.63) is 0 Å². The molecule has 0 rings (SSSR count). The predicted octanol–water partition coefficient (Wildman–Crippen LogP) is 1.80. The number of hydrogen-bond acceptors (Lipinski definition) is 2. The highest BCUT2D eigenvalue weighted by molar-refractivity contribution is 4.78. The van der Waals surface area contributed by atoms with Gasteiger partial charge in [0.15, 0.2) is 0 Å². The molecule has 0 aliphatic rings. The van der Waals surface area contributed by atoms with Crippen molar-refractivity contribution in [1.82, 2.24) is 0 Å². The molecule has 1 unspecified atom stereocenters. The van der Waals surface area contributed by atoms with E-state index in [2.05, 4.69) is 20.8 Å². The van der Waals surface area contributed by atoms with Crippen molar-refractivity contribution in [2.45, 2.75) is 40.0 Å². The van der Waals surface area contributed by atoms with Gasteiger partial charge in [0, 0.05) is 13.2 Å². The van der Waals surface area contributed by atoms with Gasteiger partial charge in [0.2, 0.25) is 0 Å². The lowest BCUT2D eigenvalue weighted by molar-refractivity contribution is 0.0663. The third kappa shape index (κ3) is 3.55. The van der Waals surface area contributed by atoms with Crippen LogP contribution in [0.3, 0.4) is 0 Å². The van der Waals surface area contributed by atoms with Gasteiger partial charge in [-0.1, -0.05) is 20.8 Å². The van der Waals surface area contributed by atoms with E-state index in [0.29, 0.717) is 5.92 Å². The number of hydrogen-bond donors (Lipinski definition) is 2.